The molecule has 4 rings (SSSR count). The van der Waals surface area contributed by atoms with E-state index in [1.54, 1.807) is 19.2 Å². The highest BCUT2D eigenvalue weighted by Crippen LogP contribution is 2.43. The van der Waals surface area contributed by atoms with Crippen molar-refractivity contribution in [3.63, 3.8) is 0 Å². The van der Waals surface area contributed by atoms with Gasteiger partial charge in [-0.3, -0.25) is 4.79 Å². The van der Waals surface area contributed by atoms with Crippen molar-refractivity contribution in [2.75, 3.05) is 18.2 Å². The largest absolute Gasteiger partial charge is 0.493 e. The standard InChI is InChI=1S/C20H18FN3O3S/c1-26-16-8-12(14-9-17(25)23-19-18(14)28-20(22)24-19)4-7-15(16)27-10-11-2-5-13(21)6-3-11/h2-8,14H,9-10H2,1H3,(H2,22,24)(H,23,25)/t14-/m0/s1. The number of nitrogens with zero attached hydrogens (tertiary/aromatic N) is 1. The summed E-state index contributed by atoms with van der Waals surface area (Å²) in [6.45, 7) is 0.289. The van der Waals surface area contributed by atoms with E-state index in [0.29, 0.717) is 28.9 Å². The Labute approximate surface area is 165 Å². The van der Waals surface area contributed by atoms with Gasteiger partial charge in [0.25, 0.3) is 0 Å². The maximum Gasteiger partial charge on any atom is 0.226 e. The Morgan fingerprint density at radius 3 is 2.79 bits per heavy atom. The van der Waals surface area contributed by atoms with Gasteiger partial charge in [-0.25, -0.2) is 9.37 Å². The predicted molar refractivity (Wildman–Crippen MR) is 105 cm³/mol. The van der Waals surface area contributed by atoms with Gasteiger partial charge in [-0.15, -0.1) is 0 Å². The molecule has 8 heteroatoms. The van der Waals surface area contributed by atoms with Crippen molar-refractivity contribution in [2.24, 2.45) is 0 Å². The van der Waals surface area contributed by atoms with Crippen molar-refractivity contribution in [3.8, 4) is 11.5 Å². The van der Waals surface area contributed by atoms with E-state index >= 15 is 0 Å². The number of carbonyl (C=O) groups excluding carboxylic acids is 1. The zero-order valence-corrected chi connectivity index (χ0v) is 15.9. The molecule has 2 aromatic carbocycles. The summed E-state index contributed by atoms with van der Waals surface area (Å²) in [5.74, 6) is 1.13. The van der Waals surface area contributed by atoms with Gasteiger partial charge in [0.05, 0.1) is 12.0 Å². The number of carbonyl (C=O) groups is 1. The number of anilines is 2. The third-order valence-corrected chi connectivity index (χ3v) is 5.53. The van der Waals surface area contributed by atoms with Gasteiger partial charge in [0, 0.05) is 12.3 Å². The minimum atomic E-state index is -0.287. The minimum Gasteiger partial charge on any atom is -0.493 e. The molecule has 1 amide bonds. The molecule has 0 radical (unpaired) electrons. The van der Waals surface area contributed by atoms with Crippen LogP contribution in [0.1, 0.15) is 28.3 Å². The number of nitrogen functional groups attached to an aromatic ring is 1. The number of methoxy groups -OCH3 is 1. The van der Waals surface area contributed by atoms with Gasteiger partial charge in [-0.2, -0.15) is 0 Å². The summed E-state index contributed by atoms with van der Waals surface area (Å²) >= 11 is 1.37. The SMILES string of the molecule is COc1cc([C@@H]2CC(=O)Nc3nc(N)sc32)ccc1OCc1ccc(F)cc1. The first-order chi connectivity index (χ1) is 13.5. The van der Waals surface area contributed by atoms with Crippen molar-refractivity contribution in [2.45, 2.75) is 18.9 Å². The Morgan fingerprint density at radius 1 is 1.25 bits per heavy atom. The maximum atomic E-state index is 13.0. The molecule has 0 spiro atoms. The molecule has 1 atom stereocenters. The zero-order chi connectivity index (χ0) is 19.7. The summed E-state index contributed by atoms with van der Waals surface area (Å²) in [6, 6.07) is 11.7. The Balaban J connectivity index is 1.58. The fourth-order valence-electron chi connectivity index (χ4n) is 3.17. The summed E-state index contributed by atoms with van der Waals surface area (Å²) in [5, 5.41) is 3.18. The minimum absolute atomic E-state index is 0.0987. The summed E-state index contributed by atoms with van der Waals surface area (Å²) < 4.78 is 24.3. The molecule has 144 valence electrons. The van der Waals surface area contributed by atoms with Gasteiger partial charge in [-0.1, -0.05) is 29.5 Å². The van der Waals surface area contributed by atoms with E-state index in [-0.39, 0.29) is 24.2 Å². The van der Waals surface area contributed by atoms with Gasteiger partial charge in [0.15, 0.2) is 16.6 Å². The third kappa shape index (κ3) is 3.63. The van der Waals surface area contributed by atoms with Crippen LogP contribution in [-0.2, 0) is 11.4 Å². The molecule has 0 saturated heterocycles. The van der Waals surface area contributed by atoms with Crippen LogP contribution in [0.15, 0.2) is 42.5 Å². The molecule has 6 nitrogen and oxygen atoms in total. The van der Waals surface area contributed by atoms with Crippen LogP contribution < -0.4 is 20.5 Å². The van der Waals surface area contributed by atoms with Gasteiger partial charge in [0.1, 0.15) is 18.2 Å². The zero-order valence-electron chi connectivity index (χ0n) is 15.1. The number of amides is 1. The molecule has 3 aromatic rings. The molecule has 0 saturated carbocycles. The van der Waals surface area contributed by atoms with Crippen molar-refractivity contribution in [1.82, 2.24) is 4.98 Å². The lowest BCUT2D eigenvalue weighted by atomic mass is 9.91. The lowest BCUT2D eigenvalue weighted by Gasteiger charge is -2.22. The van der Waals surface area contributed by atoms with Crippen LogP contribution in [0.2, 0.25) is 0 Å². The van der Waals surface area contributed by atoms with Crippen LogP contribution in [0.5, 0.6) is 11.5 Å². The first kappa shape index (κ1) is 18.2. The molecule has 1 aromatic heterocycles. The average Bonchev–Trinajstić information content (AvgIpc) is 3.06. The van der Waals surface area contributed by atoms with E-state index in [9.17, 15) is 9.18 Å². The lowest BCUT2D eigenvalue weighted by Crippen LogP contribution is -2.22. The molecule has 0 unspecified atom stereocenters. The highest BCUT2D eigenvalue weighted by molar-refractivity contribution is 7.16. The summed E-state index contributed by atoms with van der Waals surface area (Å²) in [5.41, 5.74) is 7.59. The van der Waals surface area contributed by atoms with Crippen molar-refractivity contribution < 1.29 is 18.7 Å². The van der Waals surface area contributed by atoms with E-state index in [1.165, 1.54) is 23.5 Å². The number of nitrogens with one attached hydrogen (secondary N) is 1. The van der Waals surface area contributed by atoms with E-state index < -0.39 is 0 Å². The number of benzene rings is 2. The third-order valence-electron chi connectivity index (χ3n) is 4.53. The van der Waals surface area contributed by atoms with Gasteiger partial charge < -0.3 is 20.5 Å². The summed E-state index contributed by atoms with van der Waals surface area (Å²) in [4.78, 5) is 17.2. The monoisotopic (exact) mass is 399 g/mol. The van der Waals surface area contributed by atoms with Crippen LogP contribution in [-0.4, -0.2) is 18.0 Å². The molecule has 1 aliphatic rings. The number of halogens is 1. The Bertz CT molecular complexity index is 1020. The van der Waals surface area contributed by atoms with Crippen LogP contribution in [0.4, 0.5) is 15.3 Å². The van der Waals surface area contributed by atoms with Crippen molar-refractivity contribution in [3.05, 3.63) is 64.3 Å². The molecule has 2 heterocycles. The van der Waals surface area contributed by atoms with E-state index in [1.807, 2.05) is 18.2 Å². The first-order valence-electron chi connectivity index (χ1n) is 8.64. The molecule has 0 bridgehead atoms. The Morgan fingerprint density at radius 2 is 2.04 bits per heavy atom. The number of thiazole rings is 1. The van der Waals surface area contributed by atoms with Crippen LogP contribution in [0.3, 0.4) is 0 Å². The Kier molecular flexibility index (Phi) is 4.87. The second kappa shape index (κ2) is 7.47. The first-order valence-corrected chi connectivity index (χ1v) is 9.46. The maximum absolute atomic E-state index is 13.0. The Hall–Kier alpha value is -3.13. The van der Waals surface area contributed by atoms with Crippen molar-refractivity contribution in [1.29, 1.82) is 0 Å². The second-order valence-corrected chi connectivity index (χ2v) is 7.46. The number of nitrogens with two attached hydrogens (primary N) is 1. The fraction of sp³-hybridized carbons (Fsp3) is 0.200. The van der Waals surface area contributed by atoms with Gasteiger partial charge in [0.2, 0.25) is 5.91 Å². The predicted octanol–water partition coefficient (Wildman–Crippen LogP) is 3.93. The summed E-state index contributed by atoms with van der Waals surface area (Å²) in [6.07, 6.45) is 0.313. The average molecular weight is 399 g/mol. The number of ether oxygens (including phenoxy) is 2. The number of hydrogen-bond donors (Lipinski definition) is 2. The number of fused-ring (bicyclic) bond motifs is 1. The molecule has 3 N–H and O–H groups in total. The van der Waals surface area contributed by atoms with Crippen LogP contribution in [0, 0.1) is 5.82 Å². The molecular weight excluding hydrogens is 381 g/mol. The molecular formula is C20H18FN3O3S. The van der Waals surface area contributed by atoms with Crippen molar-refractivity contribution >= 4 is 28.2 Å². The van der Waals surface area contributed by atoms with Gasteiger partial charge in [-0.05, 0) is 35.4 Å². The van der Waals surface area contributed by atoms with E-state index in [2.05, 4.69) is 10.3 Å². The second-order valence-electron chi connectivity index (χ2n) is 6.40. The highest BCUT2D eigenvalue weighted by Gasteiger charge is 2.30. The molecule has 0 fully saturated rings. The lowest BCUT2D eigenvalue weighted by molar-refractivity contribution is -0.116. The smallest absolute Gasteiger partial charge is 0.226 e. The number of rotatable bonds is 5. The van der Waals surface area contributed by atoms with Gasteiger partial charge >= 0.3 is 0 Å². The van der Waals surface area contributed by atoms with Crippen LogP contribution in [0.25, 0.3) is 0 Å². The molecule has 28 heavy (non-hydrogen) atoms. The fourth-order valence-corrected chi connectivity index (χ4v) is 4.08. The number of aromatic nitrogens is 1. The topological polar surface area (TPSA) is 86.5 Å². The molecule has 0 aliphatic carbocycles. The summed E-state index contributed by atoms with van der Waals surface area (Å²) in [7, 11) is 1.56. The van der Waals surface area contributed by atoms with Crippen LogP contribution >= 0.6 is 11.3 Å². The quantitative estimate of drug-likeness (QED) is 0.679. The normalized spacial score (nSPS) is 15.6. The highest BCUT2D eigenvalue weighted by atomic mass is 32.1. The van der Waals surface area contributed by atoms with E-state index in [4.69, 9.17) is 15.2 Å². The number of hydrogen-bond acceptors (Lipinski definition) is 6. The van der Waals surface area contributed by atoms with E-state index in [0.717, 1.165) is 16.0 Å². The molecule has 1 aliphatic heterocycles.